The van der Waals surface area contributed by atoms with E-state index in [0.29, 0.717) is 6.42 Å². The van der Waals surface area contributed by atoms with Crippen molar-refractivity contribution in [2.75, 3.05) is 6.54 Å². The molecule has 3 unspecified atom stereocenters. The third-order valence-electron chi connectivity index (χ3n) is 5.24. The van der Waals surface area contributed by atoms with Crippen LogP contribution >= 0.6 is 0 Å². The van der Waals surface area contributed by atoms with E-state index in [1.807, 2.05) is 0 Å². The summed E-state index contributed by atoms with van der Waals surface area (Å²) in [5, 5.41) is 9.47. The summed E-state index contributed by atoms with van der Waals surface area (Å²) in [5.74, 6) is -1.05. The van der Waals surface area contributed by atoms with Gasteiger partial charge < -0.3 is 10.0 Å². The molecule has 26 heavy (non-hydrogen) atoms. The van der Waals surface area contributed by atoms with Crippen molar-refractivity contribution in [2.24, 2.45) is 5.92 Å². The number of hydrogen-bond acceptors (Lipinski definition) is 5. The molecule has 0 radical (unpaired) electrons. The van der Waals surface area contributed by atoms with Crippen LogP contribution in [0.4, 0.5) is 0 Å². The van der Waals surface area contributed by atoms with Crippen molar-refractivity contribution in [3.05, 3.63) is 24.5 Å². The zero-order valence-electron chi connectivity index (χ0n) is 14.4. The molecule has 1 aromatic heterocycles. The number of carbonyl (C=O) groups excluding carboxylic acids is 1. The Morgan fingerprint density at radius 2 is 2.08 bits per heavy atom. The van der Waals surface area contributed by atoms with Crippen LogP contribution in [0.1, 0.15) is 38.5 Å². The van der Waals surface area contributed by atoms with Crippen molar-refractivity contribution in [1.82, 2.24) is 14.6 Å². The molecule has 0 bridgehead atoms. The van der Waals surface area contributed by atoms with Gasteiger partial charge in [0.05, 0.1) is 0 Å². The number of carboxylic acids is 1. The Morgan fingerprint density at radius 3 is 2.77 bits per heavy atom. The lowest BCUT2D eigenvalue weighted by atomic mass is 9.84. The summed E-state index contributed by atoms with van der Waals surface area (Å²) < 4.78 is 26.7. The highest BCUT2D eigenvalue weighted by Crippen LogP contribution is 2.40. The van der Waals surface area contributed by atoms with Gasteiger partial charge in [0.1, 0.15) is 10.9 Å². The second kappa shape index (κ2) is 7.71. The van der Waals surface area contributed by atoms with E-state index in [-0.39, 0.29) is 35.7 Å². The molecule has 2 heterocycles. The van der Waals surface area contributed by atoms with Crippen molar-refractivity contribution in [2.45, 2.75) is 55.5 Å². The number of sulfonamides is 1. The molecule has 1 saturated heterocycles. The normalized spacial score (nSPS) is 25.7. The average Bonchev–Trinajstić information content (AvgIpc) is 3.02. The first-order chi connectivity index (χ1) is 12.4. The number of aliphatic carboxylic acids is 1. The van der Waals surface area contributed by atoms with E-state index >= 15 is 0 Å². The number of rotatable bonds is 6. The van der Waals surface area contributed by atoms with Crippen molar-refractivity contribution in [3.8, 4) is 0 Å². The van der Waals surface area contributed by atoms with Gasteiger partial charge in [0.2, 0.25) is 15.9 Å². The van der Waals surface area contributed by atoms with Crippen molar-refractivity contribution >= 4 is 21.9 Å². The average molecular weight is 381 g/mol. The molecule has 142 valence electrons. The summed E-state index contributed by atoms with van der Waals surface area (Å²) in [6.07, 6.45) is 6.97. The predicted molar refractivity (Wildman–Crippen MR) is 92.7 cm³/mol. The van der Waals surface area contributed by atoms with E-state index in [0.717, 1.165) is 25.7 Å². The minimum absolute atomic E-state index is 0.0318. The molecule has 9 heteroatoms. The van der Waals surface area contributed by atoms with Gasteiger partial charge in [-0.2, -0.15) is 0 Å². The lowest BCUT2D eigenvalue weighted by Crippen LogP contribution is -2.47. The van der Waals surface area contributed by atoms with E-state index in [1.54, 1.807) is 0 Å². The van der Waals surface area contributed by atoms with Crippen LogP contribution in [-0.2, 0) is 19.6 Å². The molecule has 1 aromatic rings. The van der Waals surface area contributed by atoms with Crippen molar-refractivity contribution in [3.63, 3.8) is 0 Å². The Hall–Kier alpha value is -2.00. The van der Waals surface area contributed by atoms with Crippen LogP contribution in [0, 0.1) is 5.92 Å². The van der Waals surface area contributed by atoms with Crippen LogP contribution in [0.2, 0.25) is 0 Å². The van der Waals surface area contributed by atoms with E-state index in [4.69, 9.17) is 0 Å². The third kappa shape index (κ3) is 3.88. The monoisotopic (exact) mass is 381 g/mol. The minimum atomic E-state index is -3.73. The first kappa shape index (κ1) is 18.8. The number of hydrogen-bond donors (Lipinski definition) is 2. The molecule has 2 aliphatic rings. The van der Waals surface area contributed by atoms with Crippen LogP contribution < -0.4 is 4.72 Å². The Labute approximate surface area is 152 Å². The van der Waals surface area contributed by atoms with Gasteiger partial charge in [-0.25, -0.2) is 17.9 Å². The van der Waals surface area contributed by atoms with Gasteiger partial charge >= 0.3 is 5.97 Å². The van der Waals surface area contributed by atoms with Gasteiger partial charge in [0, 0.05) is 31.4 Å². The first-order valence-corrected chi connectivity index (χ1v) is 10.3. The van der Waals surface area contributed by atoms with Crippen molar-refractivity contribution < 1.29 is 23.1 Å². The fourth-order valence-electron chi connectivity index (χ4n) is 4.05. The van der Waals surface area contributed by atoms with E-state index in [9.17, 15) is 23.1 Å². The molecule has 0 aromatic carbocycles. The molecular formula is C17H23N3O5S. The fourth-order valence-corrected chi connectivity index (χ4v) is 5.04. The van der Waals surface area contributed by atoms with E-state index in [2.05, 4.69) is 9.71 Å². The Kier molecular flexibility index (Phi) is 5.57. The summed E-state index contributed by atoms with van der Waals surface area (Å²) in [5.41, 5.74) is 0. The molecule has 0 spiro atoms. The zero-order valence-corrected chi connectivity index (χ0v) is 15.2. The van der Waals surface area contributed by atoms with Crippen molar-refractivity contribution in [1.29, 1.82) is 0 Å². The fraction of sp³-hybridized carbons (Fsp3) is 0.588. The Morgan fingerprint density at radius 1 is 1.31 bits per heavy atom. The summed E-state index contributed by atoms with van der Waals surface area (Å²) in [6, 6.07) is 2.10. The number of nitrogens with one attached hydrogen (secondary N) is 1. The number of pyridine rings is 1. The largest absolute Gasteiger partial charge is 0.480 e. The highest BCUT2D eigenvalue weighted by atomic mass is 32.2. The SMILES string of the molecule is O=C(O)C1CC2CCCCC2N1C(=O)CCNS(=O)(=O)c1cccnc1. The number of carboxylic acid groups (broad SMARTS) is 1. The van der Waals surface area contributed by atoms with Crippen LogP contribution in [0.3, 0.4) is 0 Å². The van der Waals surface area contributed by atoms with Crippen LogP contribution in [0.15, 0.2) is 29.4 Å². The van der Waals surface area contributed by atoms with Gasteiger partial charge in [0.15, 0.2) is 0 Å². The van der Waals surface area contributed by atoms with Gasteiger partial charge in [-0.05, 0) is 37.3 Å². The topological polar surface area (TPSA) is 117 Å². The molecule has 8 nitrogen and oxygen atoms in total. The predicted octanol–water partition coefficient (Wildman–Crippen LogP) is 0.994. The first-order valence-electron chi connectivity index (χ1n) is 8.84. The van der Waals surface area contributed by atoms with E-state index < -0.39 is 22.0 Å². The number of nitrogens with zero attached hydrogens (tertiary/aromatic N) is 2. The number of fused-ring (bicyclic) bond motifs is 1. The zero-order chi connectivity index (χ0) is 18.7. The Bertz CT molecular complexity index is 768. The molecule has 1 aliphatic heterocycles. The smallest absolute Gasteiger partial charge is 0.326 e. The summed E-state index contributed by atoms with van der Waals surface area (Å²) >= 11 is 0. The second-order valence-corrected chi connectivity index (χ2v) is 8.61. The lowest BCUT2D eigenvalue weighted by Gasteiger charge is -2.33. The van der Waals surface area contributed by atoms with Gasteiger partial charge in [-0.1, -0.05) is 12.8 Å². The van der Waals surface area contributed by atoms with Crippen LogP contribution in [0.5, 0.6) is 0 Å². The maximum Gasteiger partial charge on any atom is 0.326 e. The number of amides is 1. The second-order valence-electron chi connectivity index (χ2n) is 6.84. The third-order valence-corrected chi connectivity index (χ3v) is 6.68. The highest BCUT2D eigenvalue weighted by molar-refractivity contribution is 7.89. The van der Waals surface area contributed by atoms with Crippen LogP contribution in [0.25, 0.3) is 0 Å². The summed E-state index contributed by atoms with van der Waals surface area (Å²) in [7, 11) is -3.73. The molecule has 1 saturated carbocycles. The van der Waals surface area contributed by atoms with Gasteiger partial charge in [0.25, 0.3) is 0 Å². The number of likely N-dealkylation sites (tertiary alicyclic amines) is 1. The summed E-state index contributed by atoms with van der Waals surface area (Å²) in [4.78, 5) is 29.5. The Balaban J connectivity index is 1.62. The highest BCUT2D eigenvalue weighted by Gasteiger charge is 2.47. The van der Waals surface area contributed by atoms with Crippen LogP contribution in [-0.4, -0.2) is 53.9 Å². The molecule has 1 amide bonds. The molecule has 2 N–H and O–H groups in total. The maximum atomic E-state index is 12.7. The molecule has 3 atom stereocenters. The number of aromatic nitrogens is 1. The van der Waals surface area contributed by atoms with Gasteiger partial charge in [-0.15, -0.1) is 0 Å². The molecule has 2 fully saturated rings. The van der Waals surface area contributed by atoms with E-state index in [1.165, 1.54) is 29.4 Å². The maximum absolute atomic E-state index is 12.7. The summed E-state index contributed by atoms with van der Waals surface area (Å²) in [6.45, 7) is -0.0731. The minimum Gasteiger partial charge on any atom is -0.480 e. The lowest BCUT2D eigenvalue weighted by molar-refractivity contribution is -0.149. The van der Waals surface area contributed by atoms with Gasteiger partial charge in [-0.3, -0.25) is 9.78 Å². The molecular weight excluding hydrogens is 358 g/mol. The molecule has 1 aliphatic carbocycles. The number of carbonyl (C=O) groups is 2. The quantitative estimate of drug-likeness (QED) is 0.759. The standard InChI is InChI=1S/C17H23N3O5S/c21-16(7-9-19-26(24,25)13-5-3-8-18-11-13)20-14-6-2-1-4-12(14)10-15(20)17(22)23/h3,5,8,11-12,14-15,19H,1-2,4,6-7,9-10H2,(H,22,23). The molecule has 3 rings (SSSR count).